The zero-order valence-electron chi connectivity index (χ0n) is 9.78. The lowest BCUT2D eigenvalue weighted by molar-refractivity contribution is 0.139. The molecule has 0 aromatic rings. The highest BCUT2D eigenvalue weighted by Gasteiger charge is 2.29. The second-order valence-corrected chi connectivity index (χ2v) is 4.86. The molecule has 1 saturated carbocycles. The lowest BCUT2D eigenvalue weighted by Gasteiger charge is -2.37. The van der Waals surface area contributed by atoms with Crippen LogP contribution in [0.1, 0.15) is 60.8 Å². The van der Waals surface area contributed by atoms with E-state index in [4.69, 9.17) is 0 Å². The van der Waals surface area contributed by atoms with E-state index in [9.17, 15) is 0 Å². The second kappa shape index (κ2) is 4.89. The Morgan fingerprint density at radius 1 is 1.00 bits per heavy atom. The molecule has 0 unspecified atom stereocenters. The minimum atomic E-state index is 0.631. The second-order valence-electron chi connectivity index (χ2n) is 4.86. The van der Waals surface area contributed by atoms with Crippen molar-refractivity contribution in [1.29, 1.82) is 0 Å². The standard InChI is InChI=1S/C10H20.C2H6/c1-8-5-6-10(3,4)7-9(8)2;1-2/h8-9H,5-7H2,1-4H3;1-2H3/t8-,9-;/m1./s1. The molecule has 0 bridgehead atoms. The molecule has 0 amide bonds. The van der Waals surface area contributed by atoms with E-state index in [-0.39, 0.29) is 0 Å². The fraction of sp³-hybridized carbons (Fsp3) is 1.00. The molecule has 0 nitrogen and oxygen atoms in total. The highest BCUT2D eigenvalue weighted by Crippen LogP contribution is 2.41. The molecule has 0 radical (unpaired) electrons. The fourth-order valence-corrected chi connectivity index (χ4v) is 2.08. The monoisotopic (exact) mass is 170 g/mol. The molecule has 0 spiro atoms. The van der Waals surface area contributed by atoms with Gasteiger partial charge in [0.05, 0.1) is 0 Å². The van der Waals surface area contributed by atoms with Gasteiger partial charge in [0, 0.05) is 0 Å². The zero-order chi connectivity index (χ0) is 9.78. The number of hydrogen-bond donors (Lipinski definition) is 0. The molecule has 0 aromatic carbocycles. The predicted octanol–water partition coefficient (Wildman–Crippen LogP) is 4.49. The zero-order valence-corrected chi connectivity index (χ0v) is 9.78. The van der Waals surface area contributed by atoms with Crippen LogP contribution in [0.3, 0.4) is 0 Å². The van der Waals surface area contributed by atoms with Crippen LogP contribution in [0.25, 0.3) is 0 Å². The van der Waals surface area contributed by atoms with Crippen molar-refractivity contribution in [1.82, 2.24) is 0 Å². The molecule has 2 atom stereocenters. The molecule has 1 aliphatic carbocycles. The summed E-state index contributed by atoms with van der Waals surface area (Å²) in [6.07, 6.45) is 4.29. The van der Waals surface area contributed by atoms with Gasteiger partial charge in [0.2, 0.25) is 0 Å². The fourth-order valence-electron chi connectivity index (χ4n) is 2.08. The van der Waals surface area contributed by atoms with E-state index in [1.54, 1.807) is 0 Å². The van der Waals surface area contributed by atoms with Crippen LogP contribution in [0, 0.1) is 17.3 Å². The molecular weight excluding hydrogens is 144 g/mol. The summed E-state index contributed by atoms with van der Waals surface area (Å²) in [7, 11) is 0. The molecule has 0 aromatic heterocycles. The van der Waals surface area contributed by atoms with E-state index < -0.39 is 0 Å². The summed E-state index contributed by atoms with van der Waals surface area (Å²) in [4.78, 5) is 0. The smallest absolute Gasteiger partial charge is 0.0351 e. The van der Waals surface area contributed by atoms with Gasteiger partial charge in [-0.2, -0.15) is 0 Å². The molecule has 0 N–H and O–H groups in total. The van der Waals surface area contributed by atoms with Crippen molar-refractivity contribution in [3.63, 3.8) is 0 Å². The summed E-state index contributed by atoms with van der Waals surface area (Å²) in [5.74, 6) is 1.91. The summed E-state index contributed by atoms with van der Waals surface area (Å²) >= 11 is 0. The van der Waals surface area contributed by atoms with E-state index >= 15 is 0 Å². The van der Waals surface area contributed by atoms with Crippen molar-refractivity contribution in [2.75, 3.05) is 0 Å². The Morgan fingerprint density at radius 3 is 1.83 bits per heavy atom. The van der Waals surface area contributed by atoms with E-state index in [1.807, 2.05) is 13.8 Å². The molecule has 1 aliphatic rings. The van der Waals surface area contributed by atoms with Gasteiger partial charge in [-0.25, -0.2) is 0 Å². The lowest BCUT2D eigenvalue weighted by Crippen LogP contribution is -2.26. The third-order valence-corrected chi connectivity index (χ3v) is 3.12. The van der Waals surface area contributed by atoms with Crippen molar-refractivity contribution >= 4 is 0 Å². The van der Waals surface area contributed by atoms with Gasteiger partial charge in [-0.05, 0) is 36.5 Å². The van der Waals surface area contributed by atoms with Gasteiger partial charge in [0.1, 0.15) is 0 Å². The van der Waals surface area contributed by atoms with Crippen LogP contribution in [0.2, 0.25) is 0 Å². The summed E-state index contributed by atoms with van der Waals surface area (Å²) < 4.78 is 0. The lowest BCUT2D eigenvalue weighted by atomic mass is 9.68. The molecular formula is C12H26. The van der Waals surface area contributed by atoms with Crippen molar-refractivity contribution in [2.45, 2.75) is 60.8 Å². The van der Waals surface area contributed by atoms with Gasteiger partial charge in [0.25, 0.3) is 0 Å². The Balaban J connectivity index is 0.000000561. The minimum Gasteiger partial charge on any atom is -0.0683 e. The first-order chi connectivity index (χ1) is 5.51. The molecule has 1 rings (SSSR count). The summed E-state index contributed by atoms with van der Waals surface area (Å²) in [5.41, 5.74) is 0.631. The first-order valence-electron chi connectivity index (χ1n) is 5.51. The van der Waals surface area contributed by atoms with Crippen LogP contribution < -0.4 is 0 Å². The van der Waals surface area contributed by atoms with Gasteiger partial charge in [-0.1, -0.05) is 41.5 Å². The van der Waals surface area contributed by atoms with E-state index in [0.29, 0.717) is 5.41 Å². The Kier molecular flexibility index (Phi) is 4.89. The maximum atomic E-state index is 2.40. The first-order valence-corrected chi connectivity index (χ1v) is 5.51. The molecule has 1 fully saturated rings. The van der Waals surface area contributed by atoms with E-state index in [0.717, 1.165) is 11.8 Å². The van der Waals surface area contributed by atoms with Gasteiger partial charge in [0.15, 0.2) is 0 Å². The maximum absolute atomic E-state index is 2.40. The van der Waals surface area contributed by atoms with Gasteiger partial charge < -0.3 is 0 Å². The summed E-state index contributed by atoms with van der Waals surface area (Å²) in [6.45, 7) is 13.6. The Bertz CT molecular complexity index is 113. The topological polar surface area (TPSA) is 0 Å². The third-order valence-electron chi connectivity index (χ3n) is 3.12. The molecule has 0 heteroatoms. The van der Waals surface area contributed by atoms with Gasteiger partial charge in [-0.3, -0.25) is 0 Å². The Hall–Kier alpha value is 0. The quantitative estimate of drug-likeness (QED) is 0.502. The van der Waals surface area contributed by atoms with Gasteiger partial charge >= 0.3 is 0 Å². The molecule has 12 heavy (non-hydrogen) atoms. The molecule has 0 heterocycles. The number of rotatable bonds is 0. The SMILES string of the molecule is CC.C[C@@H]1CCC(C)(C)C[C@H]1C. The Morgan fingerprint density at radius 2 is 1.50 bits per heavy atom. The van der Waals surface area contributed by atoms with Crippen molar-refractivity contribution < 1.29 is 0 Å². The van der Waals surface area contributed by atoms with E-state index in [1.165, 1.54) is 19.3 Å². The highest BCUT2D eigenvalue weighted by atomic mass is 14.3. The van der Waals surface area contributed by atoms with Crippen molar-refractivity contribution in [3.05, 3.63) is 0 Å². The highest BCUT2D eigenvalue weighted by molar-refractivity contribution is 4.80. The Labute approximate surface area is 78.8 Å². The average Bonchev–Trinajstić information content (AvgIpc) is 2.01. The predicted molar refractivity (Wildman–Crippen MR) is 57.3 cm³/mol. The third kappa shape index (κ3) is 3.60. The van der Waals surface area contributed by atoms with Crippen LogP contribution >= 0.6 is 0 Å². The molecule has 74 valence electrons. The molecule has 0 aliphatic heterocycles. The summed E-state index contributed by atoms with van der Waals surface area (Å²) in [6, 6.07) is 0. The van der Waals surface area contributed by atoms with Crippen molar-refractivity contribution in [2.24, 2.45) is 17.3 Å². The van der Waals surface area contributed by atoms with Crippen LogP contribution in [-0.2, 0) is 0 Å². The number of hydrogen-bond acceptors (Lipinski definition) is 0. The van der Waals surface area contributed by atoms with Crippen molar-refractivity contribution in [3.8, 4) is 0 Å². The van der Waals surface area contributed by atoms with Gasteiger partial charge in [-0.15, -0.1) is 0 Å². The average molecular weight is 170 g/mol. The molecule has 0 saturated heterocycles. The van der Waals surface area contributed by atoms with Crippen LogP contribution in [0.15, 0.2) is 0 Å². The normalized spacial score (nSPS) is 33.5. The minimum absolute atomic E-state index is 0.631. The van der Waals surface area contributed by atoms with Crippen LogP contribution in [-0.4, -0.2) is 0 Å². The largest absolute Gasteiger partial charge is 0.0683 e. The summed E-state index contributed by atoms with van der Waals surface area (Å²) in [5, 5.41) is 0. The van der Waals surface area contributed by atoms with Crippen LogP contribution in [0.5, 0.6) is 0 Å². The van der Waals surface area contributed by atoms with Crippen LogP contribution in [0.4, 0.5) is 0 Å². The van der Waals surface area contributed by atoms with E-state index in [2.05, 4.69) is 27.7 Å². The first kappa shape index (κ1) is 12.0. The maximum Gasteiger partial charge on any atom is -0.0351 e.